The molecule has 106 valence electrons. The predicted octanol–water partition coefficient (Wildman–Crippen LogP) is 1.77. The van der Waals surface area contributed by atoms with E-state index in [9.17, 15) is 17.6 Å². The van der Waals surface area contributed by atoms with Crippen molar-refractivity contribution in [3.05, 3.63) is 0 Å². The molecule has 7 heteroatoms. The van der Waals surface area contributed by atoms with Gasteiger partial charge in [-0.15, -0.1) is 5.92 Å². The molecule has 1 rings (SSSR count). The first-order valence-electron chi connectivity index (χ1n) is 5.91. The van der Waals surface area contributed by atoms with Crippen molar-refractivity contribution in [1.82, 2.24) is 9.80 Å². The summed E-state index contributed by atoms with van der Waals surface area (Å²) in [6.07, 6.45) is -5.43. The lowest BCUT2D eigenvalue weighted by Gasteiger charge is -2.42. The maximum atomic E-state index is 13.7. The van der Waals surface area contributed by atoms with Crippen LogP contribution in [0.2, 0.25) is 0 Å². The summed E-state index contributed by atoms with van der Waals surface area (Å²) in [5.41, 5.74) is 0. The molecule has 0 radical (unpaired) electrons. The summed E-state index contributed by atoms with van der Waals surface area (Å²) in [4.78, 5) is 1.89. The molecule has 1 saturated heterocycles. The Balaban J connectivity index is 2.78. The molecule has 0 spiro atoms. The van der Waals surface area contributed by atoms with Gasteiger partial charge in [0, 0.05) is 19.5 Å². The molecule has 0 aromatic carbocycles. The topological polar surface area (TPSA) is 30.3 Å². The molecular formula is C12H15F4N3. The average molecular weight is 277 g/mol. The van der Waals surface area contributed by atoms with Crippen molar-refractivity contribution < 1.29 is 17.6 Å². The molecular weight excluding hydrogens is 262 g/mol. The van der Waals surface area contributed by atoms with Gasteiger partial charge in [0.05, 0.1) is 19.2 Å². The van der Waals surface area contributed by atoms with Crippen molar-refractivity contribution in [3.63, 3.8) is 0 Å². The maximum absolute atomic E-state index is 13.7. The van der Waals surface area contributed by atoms with Gasteiger partial charge in [0.2, 0.25) is 0 Å². The van der Waals surface area contributed by atoms with Crippen LogP contribution in [0.5, 0.6) is 0 Å². The van der Waals surface area contributed by atoms with E-state index in [1.165, 1.54) is 0 Å². The van der Waals surface area contributed by atoms with Gasteiger partial charge in [-0.2, -0.15) is 18.4 Å². The molecule has 2 atom stereocenters. The third kappa shape index (κ3) is 4.38. The van der Waals surface area contributed by atoms with Crippen LogP contribution in [0, 0.1) is 23.2 Å². The lowest BCUT2D eigenvalue weighted by atomic mass is 10.1. The van der Waals surface area contributed by atoms with Crippen molar-refractivity contribution >= 4 is 0 Å². The van der Waals surface area contributed by atoms with E-state index < -0.39 is 38.1 Å². The summed E-state index contributed by atoms with van der Waals surface area (Å²) in [5, 5.41) is 8.51. The van der Waals surface area contributed by atoms with Crippen LogP contribution in [-0.4, -0.2) is 54.5 Å². The highest BCUT2D eigenvalue weighted by molar-refractivity contribution is 5.03. The van der Waals surface area contributed by atoms with E-state index in [4.69, 9.17) is 5.26 Å². The molecule has 0 N–H and O–H groups in total. The van der Waals surface area contributed by atoms with Gasteiger partial charge in [-0.3, -0.25) is 9.80 Å². The van der Waals surface area contributed by atoms with E-state index in [1.807, 2.05) is 6.92 Å². The minimum absolute atomic E-state index is 0.0258. The number of hydrogen-bond donors (Lipinski definition) is 0. The maximum Gasteiger partial charge on any atom is 0.405 e. The SMILES string of the molecule is CCC#CCN1CC(C(F)(F)F)N(CC#N)CC1F. The molecule has 1 aliphatic rings. The second kappa shape index (κ2) is 6.74. The molecule has 2 unspecified atom stereocenters. The highest BCUT2D eigenvalue weighted by atomic mass is 19.4. The van der Waals surface area contributed by atoms with Gasteiger partial charge in [0.15, 0.2) is 6.30 Å². The Labute approximate surface area is 109 Å². The van der Waals surface area contributed by atoms with Crippen LogP contribution in [0.3, 0.4) is 0 Å². The highest BCUT2D eigenvalue weighted by Gasteiger charge is 2.48. The number of hydrogen-bond acceptors (Lipinski definition) is 3. The standard InChI is InChI=1S/C12H15F4N3/c1-2-3-4-6-19-8-10(12(14,15)16)18(7-5-17)9-11(19)13/h10-11H,2,6-9H2,1H3. The Morgan fingerprint density at radius 2 is 1.84 bits per heavy atom. The number of rotatable bonds is 2. The van der Waals surface area contributed by atoms with Gasteiger partial charge in [0.25, 0.3) is 0 Å². The molecule has 19 heavy (non-hydrogen) atoms. The number of halogens is 4. The number of nitriles is 1. The molecule has 1 aliphatic heterocycles. The molecule has 0 aliphatic carbocycles. The summed E-state index contributed by atoms with van der Waals surface area (Å²) in [6.45, 7) is 0.431. The Kier molecular flexibility index (Phi) is 5.59. The van der Waals surface area contributed by atoms with Gasteiger partial charge in [-0.05, 0) is 0 Å². The van der Waals surface area contributed by atoms with E-state index in [2.05, 4.69) is 11.8 Å². The van der Waals surface area contributed by atoms with Crippen molar-refractivity contribution in [2.75, 3.05) is 26.2 Å². The van der Waals surface area contributed by atoms with Crippen LogP contribution in [-0.2, 0) is 0 Å². The lowest BCUT2D eigenvalue weighted by Crippen LogP contribution is -2.61. The zero-order valence-corrected chi connectivity index (χ0v) is 10.5. The Hall–Kier alpha value is -1.31. The minimum Gasteiger partial charge on any atom is -0.274 e. The van der Waals surface area contributed by atoms with Crippen LogP contribution in [0.15, 0.2) is 0 Å². The smallest absolute Gasteiger partial charge is 0.274 e. The third-order valence-electron chi connectivity index (χ3n) is 2.87. The Morgan fingerprint density at radius 3 is 2.37 bits per heavy atom. The van der Waals surface area contributed by atoms with Crippen LogP contribution in [0.1, 0.15) is 13.3 Å². The van der Waals surface area contributed by atoms with Crippen molar-refractivity contribution in [3.8, 4) is 17.9 Å². The molecule has 0 aromatic rings. The third-order valence-corrected chi connectivity index (χ3v) is 2.87. The zero-order valence-electron chi connectivity index (χ0n) is 10.5. The van der Waals surface area contributed by atoms with Crippen molar-refractivity contribution in [2.24, 2.45) is 0 Å². The van der Waals surface area contributed by atoms with Crippen LogP contribution < -0.4 is 0 Å². The fraction of sp³-hybridized carbons (Fsp3) is 0.750. The summed E-state index contributed by atoms with van der Waals surface area (Å²) < 4.78 is 52.4. The summed E-state index contributed by atoms with van der Waals surface area (Å²) in [7, 11) is 0. The summed E-state index contributed by atoms with van der Waals surface area (Å²) in [5.74, 6) is 5.34. The lowest BCUT2D eigenvalue weighted by molar-refractivity contribution is -0.206. The zero-order chi connectivity index (χ0) is 14.5. The van der Waals surface area contributed by atoms with Crippen LogP contribution in [0.25, 0.3) is 0 Å². The molecule has 1 heterocycles. The monoisotopic (exact) mass is 277 g/mol. The van der Waals surface area contributed by atoms with E-state index in [0.29, 0.717) is 6.42 Å². The fourth-order valence-corrected chi connectivity index (χ4v) is 1.91. The summed E-state index contributed by atoms with van der Waals surface area (Å²) in [6, 6.07) is -0.177. The molecule has 0 saturated carbocycles. The first-order valence-corrected chi connectivity index (χ1v) is 5.91. The number of piperazine rings is 1. The predicted molar refractivity (Wildman–Crippen MR) is 61.6 cm³/mol. The number of alkyl halides is 4. The van der Waals surface area contributed by atoms with Gasteiger partial charge in [0.1, 0.15) is 6.04 Å². The van der Waals surface area contributed by atoms with Gasteiger partial charge in [-0.25, -0.2) is 4.39 Å². The molecule has 0 bridgehead atoms. The molecule has 1 fully saturated rings. The number of nitrogens with zero attached hydrogens (tertiary/aromatic N) is 3. The second-order valence-corrected chi connectivity index (χ2v) is 4.22. The van der Waals surface area contributed by atoms with Gasteiger partial charge in [-0.1, -0.05) is 12.8 Å². The van der Waals surface area contributed by atoms with E-state index >= 15 is 0 Å². The first kappa shape index (κ1) is 15.7. The first-order chi connectivity index (χ1) is 8.90. The van der Waals surface area contributed by atoms with Crippen LogP contribution in [0.4, 0.5) is 17.6 Å². The second-order valence-electron chi connectivity index (χ2n) is 4.22. The van der Waals surface area contributed by atoms with E-state index in [0.717, 1.165) is 9.80 Å². The quantitative estimate of drug-likeness (QED) is 0.333. The molecule has 0 amide bonds. The minimum atomic E-state index is -4.48. The Morgan fingerprint density at radius 1 is 1.16 bits per heavy atom. The van der Waals surface area contributed by atoms with Gasteiger partial charge < -0.3 is 0 Å². The molecule has 3 nitrogen and oxygen atoms in total. The van der Waals surface area contributed by atoms with Crippen molar-refractivity contribution in [1.29, 1.82) is 5.26 Å². The van der Waals surface area contributed by atoms with E-state index in [-0.39, 0.29) is 6.54 Å². The summed E-state index contributed by atoms with van der Waals surface area (Å²) >= 11 is 0. The average Bonchev–Trinajstić information content (AvgIpc) is 2.31. The van der Waals surface area contributed by atoms with Crippen molar-refractivity contribution in [2.45, 2.75) is 31.9 Å². The molecule has 0 aromatic heterocycles. The highest BCUT2D eigenvalue weighted by Crippen LogP contribution is 2.29. The fourth-order valence-electron chi connectivity index (χ4n) is 1.91. The normalized spacial score (nSPS) is 25.5. The van der Waals surface area contributed by atoms with Gasteiger partial charge >= 0.3 is 6.18 Å². The largest absolute Gasteiger partial charge is 0.405 e. The van der Waals surface area contributed by atoms with Crippen LogP contribution >= 0.6 is 0 Å². The Bertz CT molecular complexity index is 390. The van der Waals surface area contributed by atoms with E-state index in [1.54, 1.807) is 6.07 Å².